The van der Waals surface area contributed by atoms with Gasteiger partial charge in [-0.25, -0.2) is 4.98 Å². The van der Waals surface area contributed by atoms with Crippen molar-refractivity contribution < 1.29 is 4.55 Å². The lowest BCUT2D eigenvalue weighted by atomic mass is 10.1. The van der Waals surface area contributed by atoms with E-state index in [0.717, 1.165) is 23.0 Å². The van der Waals surface area contributed by atoms with Crippen molar-refractivity contribution in [2.75, 3.05) is 0 Å². The van der Waals surface area contributed by atoms with Gasteiger partial charge in [-0.2, -0.15) is 0 Å². The first-order valence-corrected chi connectivity index (χ1v) is 11.3. The van der Waals surface area contributed by atoms with Crippen LogP contribution < -0.4 is 0 Å². The molecule has 2 aromatic carbocycles. The number of pyridine rings is 1. The Morgan fingerprint density at radius 2 is 1.57 bits per heavy atom. The van der Waals surface area contributed by atoms with Crippen molar-refractivity contribution >= 4 is 46.1 Å². The number of hydrogen-bond donors (Lipinski definition) is 0. The van der Waals surface area contributed by atoms with E-state index in [2.05, 4.69) is 54.6 Å². The van der Waals surface area contributed by atoms with E-state index in [4.69, 9.17) is 11.6 Å². The van der Waals surface area contributed by atoms with E-state index in [1.807, 2.05) is 30.3 Å². The Kier molecular flexibility index (Phi) is 7.14. The minimum atomic E-state index is -1.26. The molecule has 1 atom stereocenters. The highest BCUT2D eigenvalue weighted by Crippen LogP contribution is 2.31. The van der Waals surface area contributed by atoms with Crippen molar-refractivity contribution in [3.8, 4) is 0 Å². The summed E-state index contributed by atoms with van der Waals surface area (Å²) >= 11 is 4.72. The van der Waals surface area contributed by atoms with E-state index in [9.17, 15) is 4.55 Å². The number of nitrogens with zero attached hydrogens (tertiary/aromatic N) is 2. The van der Waals surface area contributed by atoms with Gasteiger partial charge in [0.1, 0.15) is 11.3 Å². The molecule has 4 aromatic rings. The van der Waals surface area contributed by atoms with Gasteiger partial charge >= 0.3 is 0 Å². The highest BCUT2D eigenvalue weighted by molar-refractivity contribution is 7.90. The zero-order chi connectivity index (χ0) is 20.5. The first kappa shape index (κ1) is 22.7. The van der Waals surface area contributed by atoms with Crippen LogP contribution in [0, 0.1) is 20.8 Å². The minimum absolute atomic E-state index is 0. The molecule has 0 spiro atoms. The highest BCUT2D eigenvalue weighted by atomic mass is 35.5. The number of rotatable bonds is 5. The lowest BCUT2D eigenvalue weighted by Gasteiger charge is -2.14. The van der Waals surface area contributed by atoms with Gasteiger partial charge in [0, 0.05) is 45.6 Å². The number of aromatic nitrogens is 2. The Bertz CT molecular complexity index is 1150. The van der Waals surface area contributed by atoms with E-state index in [0.29, 0.717) is 15.8 Å². The fourth-order valence-electron chi connectivity index (χ4n) is 3.60. The van der Waals surface area contributed by atoms with Crippen molar-refractivity contribution in [2.45, 2.75) is 38.1 Å². The third-order valence-electron chi connectivity index (χ3n) is 5.40. The number of aryl methyl sites for hydroxylation is 2. The van der Waals surface area contributed by atoms with Gasteiger partial charge in [0.05, 0.1) is 0 Å². The molecule has 1 unspecified atom stereocenters. The monoisotopic (exact) mass is 458 g/mol. The predicted octanol–water partition coefficient (Wildman–Crippen LogP) is 6.39. The van der Waals surface area contributed by atoms with E-state index < -0.39 is 11.2 Å². The van der Waals surface area contributed by atoms with Gasteiger partial charge < -0.3 is 9.12 Å². The van der Waals surface area contributed by atoms with Crippen molar-refractivity contribution in [3.63, 3.8) is 0 Å². The molecule has 2 heterocycles. The van der Waals surface area contributed by atoms with Crippen LogP contribution in [-0.2, 0) is 23.5 Å². The van der Waals surface area contributed by atoms with Crippen LogP contribution in [0.3, 0.4) is 0 Å². The van der Waals surface area contributed by atoms with Crippen molar-refractivity contribution in [3.05, 3.63) is 93.8 Å². The molecule has 4 rings (SSSR count). The van der Waals surface area contributed by atoms with Crippen molar-refractivity contribution in [1.82, 2.24) is 9.55 Å². The molecule has 30 heavy (non-hydrogen) atoms. The molecule has 156 valence electrons. The topological polar surface area (TPSA) is 40.9 Å². The molecule has 0 bridgehead atoms. The Morgan fingerprint density at radius 3 is 2.23 bits per heavy atom. The number of halogens is 2. The molecule has 3 nitrogen and oxygen atoms in total. The van der Waals surface area contributed by atoms with Gasteiger partial charge in [-0.3, -0.25) is 0 Å². The van der Waals surface area contributed by atoms with Gasteiger partial charge in [0.25, 0.3) is 5.03 Å². The summed E-state index contributed by atoms with van der Waals surface area (Å²) in [6.07, 6.45) is 1.76. The molecule has 0 aliphatic carbocycles. The van der Waals surface area contributed by atoms with Crippen LogP contribution in [0.25, 0.3) is 10.9 Å². The molecule has 0 N–H and O–H groups in total. The van der Waals surface area contributed by atoms with Crippen LogP contribution in [-0.4, -0.2) is 14.1 Å². The van der Waals surface area contributed by atoms with Crippen LogP contribution in [0.15, 0.2) is 65.8 Å². The number of fused-ring (bicyclic) bond motifs is 1. The van der Waals surface area contributed by atoms with Gasteiger partial charge in [-0.05, 0) is 50.1 Å². The first-order valence-electron chi connectivity index (χ1n) is 9.57. The maximum atomic E-state index is 13.3. The average Bonchev–Trinajstić information content (AvgIpc) is 2.96. The van der Waals surface area contributed by atoms with E-state index in [1.165, 1.54) is 22.4 Å². The standard InChI is InChI=1S/C24H23ClN2OS.ClH/c1-16-4-6-19(7-5-16)14-27-18(3)17(2)22-12-13-26-24(23(22)27)29(28)15-20-8-10-21(25)11-9-20;/h4-13H,14-15H2,1-3H3;1H. The summed E-state index contributed by atoms with van der Waals surface area (Å²) in [7, 11) is 0. The minimum Gasteiger partial charge on any atom is -0.610 e. The molecule has 6 heteroatoms. The second-order valence-electron chi connectivity index (χ2n) is 7.41. The zero-order valence-electron chi connectivity index (χ0n) is 17.2. The molecular weight excluding hydrogens is 435 g/mol. The number of hydrogen-bond acceptors (Lipinski definition) is 2. The van der Waals surface area contributed by atoms with Crippen LogP contribution in [0.4, 0.5) is 0 Å². The average molecular weight is 459 g/mol. The summed E-state index contributed by atoms with van der Waals surface area (Å²) in [5.74, 6) is 0.414. The lowest BCUT2D eigenvalue weighted by Crippen LogP contribution is -2.11. The maximum Gasteiger partial charge on any atom is 0.269 e. The second-order valence-corrected chi connectivity index (χ2v) is 9.21. The molecule has 0 fully saturated rings. The highest BCUT2D eigenvalue weighted by Gasteiger charge is 2.23. The Morgan fingerprint density at radius 1 is 0.933 bits per heavy atom. The van der Waals surface area contributed by atoms with Crippen LogP contribution in [0.5, 0.6) is 0 Å². The van der Waals surface area contributed by atoms with Crippen LogP contribution in [0.1, 0.15) is 27.9 Å². The molecule has 2 aromatic heterocycles. The molecule has 0 amide bonds. The first-order chi connectivity index (χ1) is 13.9. The summed E-state index contributed by atoms with van der Waals surface area (Å²) in [6, 6.07) is 18.1. The third kappa shape index (κ3) is 4.52. The van der Waals surface area contributed by atoms with Crippen molar-refractivity contribution in [1.29, 1.82) is 0 Å². The molecular formula is C24H24Cl2N2OS. The summed E-state index contributed by atoms with van der Waals surface area (Å²) in [5.41, 5.74) is 6.80. The Hall–Kier alpha value is -1.98. The lowest BCUT2D eigenvalue weighted by molar-refractivity contribution is 0.590. The second kappa shape index (κ2) is 9.44. The molecule has 0 radical (unpaired) electrons. The van der Waals surface area contributed by atoms with Gasteiger partial charge in [0.15, 0.2) is 0 Å². The number of benzene rings is 2. The van der Waals surface area contributed by atoms with Gasteiger partial charge in [0.2, 0.25) is 0 Å². The van der Waals surface area contributed by atoms with E-state index in [-0.39, 0.29) is 12.4 Å². The smallest absolute Gasteiger partial charge is 0.269 e. The third-order valence-corrected chi connectivity index (χ3v) is 6.98. The molecule has 0 saturated heterocycles. The SMILES string of the molecule is Cc1ccc(Cn2c(C)c(C)c3ccnc([S+]([O-])Cc4ccc(Cl)cc4)c32)cc1.Cl. The van der Waals surface area contributed by atoms with Gasteiger partial charge in [-0.1, -0.05) is 53.6 Å². The van der Waals surface area contributed by atoms with Crippen molar-refractivity contribution in [2.24, 2.45) is 0 Å². The van der Waals surface area contributed by atoms with Gasteiger partial charge in [-0.15, -0.1) is 12.4 Å². The largest absolute Gasteiger partial charge is 0.610 e. The van der Waals surface area contributed by atoms with Crippen LogP contribution >= 0.6 is 24.0 Å². The summed E-state index contributed by atoms with van der Waals surface area (Å²) in [6.45, 7) is 7.06. The quantitative estimate of drug-likeness (QED) is 0.325. The molecule has 0 saturated carbocycles. The summed E-state index contributed by atoms with van der Waals surface area (Å²) < 4.78 is 15.5. The normalized spacial score (nSPS) is 12.0. The Balaban J connectivity index is 0.00000256. The summed E-state index contributed by atoms with van der Waals surface area (Å²) in [5, 5.41) is 2.43. The predicted molar refractivity (Wildman–Crippen MR) is 128 cm³/mol. The zero-order valence-corrected chi connectivity index (χ0v) is 19.6. The van der Waals surface area contributed by atoms with Crippen LogP contribution in [0.2, 0.25) is 5.02 Å². The van der Waals surface area contributed by atoms with E-state index >= 15 is 0 Å². The summed E-state index contributed by atoms with van der Waals surface area (Å²) in [4.78, 5) is 4.54. The molecule has 0 aliphatic rings. The molecule has 0 aliphatic heterocycles. The Labute approximate surface area is 191 Å². The van der Waals surface area contributed by atoms with E-state index in [1.54, 1.807) is 6.20 Å². The fraction of sp³-hybridized carbons (Fsp3) is 0.208. The maximum absolute atomic E-state index is 13.3. The fourth-order valence-corrected chi connectivity index (χ4v) is 4.98.